The summed E-state index contributed by atoms with van der Waals surface area (Å²) in [5.41, 5.74) is 4.30. The first-order valence-corrected chi connectivity index (χ1v) is 8.38. The van der Waals surface area contributed by atoms with Crippen LogP contribution >= 0.6 is 35.2 Å². The van der Waals surface area contributed by atoms with Crippen LogP contribution < -0.4 is 4.90 Å². The number of anilines is 1. The monoisotopic (exact) mass is 413 g/mol. The molecule has 1 aliphatic carbocycles. The van der Waals surface area contributed by atoms with E-state index in [4.69, 9.17) is 4.99 Å². The molecular weight excluding hydrogens is 393 g/mol. The van der Waals surface area contributed by atoms with Gasteiger partial charge in [0, 0.05) is 44.5 Å². The standard InChI is InChI=1S/C16H20IN3S/c1-19(2)11-5-7-14(13(17)9-11)18-15-8-6-12(20(3)4)10-16(15)21/h5-10,13,21H,1-4H3. The first-order chi connectivity index (χ1) is 9.88. The number of alkyl halides is 1. The highest BCUT2D eigenvalue weighted by molar-refractivity contribution is 14.1. The van der Waals surface area contributed by atoms with Gasteiger partial charge < -0.3 is 9.80 Å². The van der Waals surface area contributed by atoms with E-state index in [0.29, 0.717) is 0 Å². The summed E-state index contributed by atoms with van der Waals surface area (Å²) < 4.78 is 0.270. The van der Waals surface area contributed by atoms with Crippen LogP contribution in [0.4, 0.5) is 11.4 Å². The molecule has 0 amide bonds. The summed E-state index contributed by atoms with van der Waals surface area (Å²) in [5, 5.41) is 0. The molecule has 1 atom stereocenters. The molecule has 0 radical (unpaired) electrons. The molecule has 0 fully saturated rings. The van der Waals surface area contributed by atoms with Crippen molar-refractivity contribution in [2.24, 2.45) is 4.99 Å². The van der Waals surface area contributed by atoms with E-state index in [1.807, 2.05) is 40.3 Å². The fraction of sp³-hybridized carbons (Fsp3) is 0.312. The number of hydrogen-bond donors (Lipinski definition) is 1. The predicted molar refractivity (Wildman–Crippen MR) is 104 cm³/mol. The van der Waals surface area contributed by atoms with Crippen molar-refractivity contribution in [2.45, 2.75) is 8.82 Å². The number of aliphatic imine (C=N–C) groups is 1. The second-order valence-electron chi connectivity index (χ2n) is 5.33. The summed E-state index contributed by atoms with van der Waals surface area (Å²) in [5.74, 6) is 0. The highest BCUT2D eigenvalue weighted by Crippen LogP contribution is 2.29. The Labute approximate surface area is 146 Å². The van der Waals surface area contributed by atoms with Crippen molar-refractivity contribution in [3.05, 3.63) is 42.1 Å². The van der Waals surface area contributed by atoms with Crippen LogP contribution in [-0.4, -0.2) is 42.7 Å². The molecule has 0 bridgehead atoms. The second-order valence-corrected chi connectivity index (χ2v) is 7.15. The van der Waals surface area contributed by atoms with Gasteiger partial charge in [0.1, 0.15) is 0 Å². The van der Waals surface area contributed by atoms with Crippen LogP contribution in [-0.2, 0) is 0 Å². The fourth-order valence-electron chi connectivity index (χ4n) is 1.97. The Bertz CT molecular complexity index is 618. The number of allylic oxidation sites excluding steroid dienone is 3. The van der Waals surface area contributed by atoms with Crippen LogP contribution in [0.15, 0.2) is 52.0 Å². The van der Waals surface area contributed by atoms with Gasteiger partial charge in [0.05, 0.1) is 15.3 Å². The molecule has 112 valence electrons. The maximum Gasteiger partial charge on any atom is 0.0768 e. The Morgan fingerprint density at radius 2 is 1.81 bits per heavy atom. The van der Waals surface area contributed by atoms with Crippen molar-refractivity contribution in [1.29, 1.82) is 0 Å². The molecule has 0 saturated heterocycles. The van der Waals surface area contributed by atoms with Crippen LogP contribution in [0.2, 0.25) is 0 Å². The molecule has 1 aliphatic rings. The lowest BCUT2D eigenvalue weighted by Crippen LogP contribution is -2.19. The van der Waals surface area contributed by atoms with Crippen molar-refractivity contribution in [2.75, 3.05) is 33.1 Å². The molecule has 1 aromatic carbocycles. The van der Waals surface area contributed by atoms with Gasteiger partial charge >= 0.3 is 0 Å². The van der Waals surface area contributed by atoms with Crippen LogP contribution in [0.5, 0.6) is 0 Å². The van der Waals surface area contributed by atoms with Crippen LogP contribution in [0.1, 0.15) is 0 Å². The number of hydrogen-bond acceptors (Lipinski definition) is 4. The van der Waals surface area contributed by atoms with Gasteiger partial charge in [-0.05, 0) is 36.4 Å². The van der Waals surface area contributed by atoms with Gasteiger partial charge in [0.15, 0.2) is 0 Å². The van der Waals surface area contributed by atoms with E-state index in [0.717, 1.165) is 22.0 Å². The molecule has 2 rings (SSSR count). The number of likely N-dealkylation sites (N-methyl/N-ethyl adjacent to an activating group) is 1. The van der Waals surface area contributed by atoms with Crippen molar-refractivity contribution in [3.63, 3.8) is 0 Å². The van der Waals surface area contributed by atoms with E-state index in [2.05, 4.69) is 69.3 Å². The zero-order valence-corrected chi connectivity index (χ0v) is 15.8. The maximum absolute atomic E-state index is 4.76. The van der Waals surface area contributed by atoms with Crippen molar-refractivity contribution in [1.82, 2.24) is 4.90 Å². The molecular formula is C16H20IN3S. The Morgan fingerprint density at radius 3 is 2.33 bits per heavy atom. The van der Waals surface area contributed by atoms with Crippen LogP contribution in [0.25, 0.3) is 0 Å². The number of rotatable bonds is 3. The molecule has 0 aliphatic heterocycles. The quantitative estimate of drug-likeness (QED) is 0.460. The van der Waals surface area contributed by atoms with E-state index in [-0.39, 0.29) is 3.92 Å². The first kappa shape index (κ1) is 16.4. The van der Waals surface area contributed by atoms with Gasteiger partial charge in [-0.2, -0.15) is 0 Å². The topological polar surface area (TPSA) is 18.8 Å². The van der Waals surface area contributed by atoms with Crippen LogP contribution in [0, 0.1) is 0 Å². The summed E-state index contributed by atoms with van der Waals surface area (Å²) in [7, 11) is 8.14. The number of benzene rings is 1. The molecule has 0 aromatic heterocycles. The Hall–Kier alpha value is -0.950. The number of nitrogens with zero attached hydrogens (tertiary/aromatic N) is 3. The fourth-order valence-corrected chi connectivity index (χ4v) is 2.95. The maximum atomic E-state index is 4.76. The lowest BCUT2D eigenvalue weighted by Gasteiger charge is -2.20. The molecule has 0 spiro atoms. The van der Waals surface area contributed by atoms with E-state index >= 15 is 0 Å². The molecule has 21 heavy (non-hydrogen) atoms. The lowest BCUT2D eigenvalue weighted by atomic mass is 10.1. The van der Waals surface area contributed by atoms with Gasteiger partial charge in [-0.25, -0.2) is 0 Å². The molecule has 3 nitrogen and oxygen atoms in total. The normalized spacial score (nSPS) is 19.6. The third-order valence-corrected chi connectivity index (χ3v) is 4.62. The lowest BCUT2D eigenvalue weighted by molar-refractivity contribution is 0.528. The van der Waals surface area contributed by atoms with E-state index in [1.165, 1.54) is 5.70 Å². The third kappa shape index (κ3) is 4.03. The minimum absolute atomic E-state index is 0.270. The van der Waals surface area contributed by atoms with E-state index in [1.54, 1.807) is 0 Å². The van der Waals surface area contributed by atoms with Gasteiger partial charge in [0.2, 0.25) is 0 Å². The second kappa shape index (κ2) is 6.87. The first-order valence-electron chi connectivity index (χ1n) is 6.68. The number of thiol groups is 1. The summed E-state index contributed by atoms with van der Waals surface area (Å²) in [4.78, 5) is 9.82. The van der Waals surface area contributed by atoms with E-state index in [9.17, 15) is 0 Å². The van der Waals surface area contributed by atoms with Crippen molar-refractivity contribution < 1.29 is 0 Å². The highest BCUT2D eigenvalue weighted by Gasteiger charge is 2.14. The molecule has 5 heteroatoms. The van der Waals surface area contributed by atoms with Gasteiger partial charge in [0.25, 0.3) is 0 Å². The van der Waals surface area contributed by atoms with Crippen molar-refractivity contribution >= 4 is 52.3 Å². The van der Waals surface area contributed by atoms with Gasteiger partial charge in [-0.3, -0.25) is 4.99 Å². The summed E-state index contributed by atoms with van der Waals surface area (Å²) in [6, 6.07) is 6.13. The Balaban J connectivity index is 2.28. The van der Waals surface area contributed by atoms with Crippen LogP contribution in [0.3, 0.4) is 0 Å². The minimum atomic E-state index is 0.270. The molecule has 0 heterocycles. The number of halogens is 1. The third-order valence-electron chi connectivity index (χ3n) is 3.27. The highest BCUT2D eigenvalue weighted by atomic mass is 127. The average Bonchev–Trinajstić information content (AvgIpc) is 2.42. The van der Waals surface area contributed by atoms with Gasteiger partial charge in [-0.15, -0.1) is 12.6 Å². The molecule has 1 unspecified atom stereocenters. The Morgan fingerprint density at radius 1 is 1.10 bits per heavy atom. The molecule has 0 N–H and O–H groups in total. The van der Waals surface area contributed by atoms with Gasteiger partial charge in [-0.1, -0.05) is 22.6 Å². The zero-order chi connectivity index (χ0) is 15.6. The molecule has 0 saturated carbocycles. The van der Waals surface area contributed by atoms with E-state index < -0.39 is 0 Å². The molecule has 1 aromatic rings. The largest absolute Gasteiger partial charge is 0.378 e. The van der Waals surface area contributed by atoms with Crippen molar-refractivity contribution in [3.8, 4) is 0 Å². The summed E-state index contributed by atoms with van der Waals surface area (Å²) >= 11 is 6.96. The Kier molecular flexibility index (Phi) is 5.37. The average molecular weight is 413 g/mol. The summed E-state index contributed by atoms with van der Waals surface area (Å²) in [6.07, 6.45) is 6.39. The minimum Gasteiger partial charge on any atom is -0.378 e. The zero-order valence-electron chi connectivity index (χ0n) is 12.7. The SMILES string of the molecule is CN(C)C1=CC(I)C(=Nc2ccc(N(C)C)cc2S)C=C1. The smallest absolute Gasteiger partial charge is 0.0768 e. The summed E-state index contributed by atoms with van der Waals surface area (Å²) in [6.45, 7) is 0. The predicted octanol–water partition coefficient (Wildman–Crippen LogP) is 3.93.